The number of aromatic amines is 1. The molecular formula is C11H17N3O2. The third-order valence-corrected chi connectivity index (χ3v) is 2.87. The van der Waals surface area contributed by atoms with Crippen LogP contribution in [0.1, 0.15) is 12.0 Å². The number of carbonyl (C=O) groups excluding carboxylic acids is 1. The minimum atomic E-state index is -0.121. The van der Waals surface area contributed by atoms with Crippen molar-refractivity contribution in [1.82, 2.24) is 15.6 Å². The highest BCUT2D eigenvalue weighted by Gasteiger charge is 2.28. The van der Waals surface area contributed by atoms with Crippen molar-refractivity contribution in [2.24, 2.45) is 0 Å². The molecule has 1 amide bonds. The first kappa shape index (κ1) is 11.2. The molecule has 2 atom stereocenters. The Hall–Kier alpha value is -1.33. The monoisotopic (exact) mass is 223 g/mol. The fourth-order valence-electron chi connectivity index (χ4n) is 1.86. The molecule has 0 aromatic carbocycles. The third-order valence-electron chi connectivity index (χ3n) is 2.87. The average molecular weight is 223 g/mol. The predicted molar refractivity (Wildman–Crippen MR) is 59.8 cm³/mol. The van der Waals surface area contributed by atoms with Gasteiger partial charge in [-0.05, 0) is 18.1 Å². The molecule has 0 spiro atoms. The predicted octanol–water partition coefficient (Wildman–Crippen LogP) is 0.00780. The molecule has 0 radical (unpaired) electrons. The highest BCUT2D eigenvalue weighted by atomic mass is 16.5. The van der Waals surface area contributed by atoms with Crippen molar-refractivity contribution in [3.63, 3.8) is 0 Å². The van der Waals surface area contributed by atoms with E-state index in [2.05, 4.69) is 15.6 Å². The van der Waals surface area contributed by atoms with Crippen LogP contribution in [0.5, 0.6) is 0 Å². The zero-order valence-electron chi connectivity index (χ0n) is 9.32. The second-order valence-corrected chi connectivity index (χ2v) is 3.99. The number of nitrogens with one attached hydrogen (secondary N) is 3. The number of methoxy groups -OCH3 is 1. The van der Waals surface area contributed by atoms with Crippen molar-refractivity contribution in [3.8, 4) is 0 Å². The van der Waals surface area contributed by atoms with Gasteiger partial charge in [0.2, 0.25) is 5.91 Å². The van der Waals surface area contributed by atoms with Gasteiger partial charge in [0.15, 0.2) is 0 Å². The van der Waals surface area contributed by atoms with Crippen molar-refractivity contribution in [2.75, 3.05) is 13.7 Å². The van der Waals surface area contributed by atoms with E-state index < -0.39 is 0 Å². The maximum Gasteiger partial charge on any atom is 0.237 e. The maximum absolute atomic E-state index is 11.8. The quantitative estimate of drug-likeness (QED) is 0.673. The van der Waals surface area contributed by atoms with Crippen molar-refractivity contribution in [2.45, 2.75) is 25.1 Å². The number of aromatic nitrogens is 1. The van der Waals surface area contributed by atoms with Crippen LogP contribution in [0.25, 0.3) is 0 Å². The summed E-state index contributed by atoms with van der Waals surface area (Å²) in [5.41, 5.74) is 1.08. The molecule has 1 aromatic rings. The van der Waals surface area contributed by atoms with Crippen LogP contribution in [-0.2, 0) is 16.1 Å². The lowest BCUT2D eigenvalue weighted by molar-refractivity contribution is -0.123. The zero-order chi connectivity index (χ0) is 11.4. The number of H-pyrrole nitrogens is 1. The molecule has 2 heterocycles. The standard InChI is InChI=1S/C11H17N3O2/c1-16-9-4-10(13-7-9)11(15)14-6-8-2-3-12-5-8/h2-3,5,9-10,12-13H,4,6-7H2,1H3,(H,14,15). The number of hydrogen-bond acceptors (Lipinski definition) is 3. The molecule has 1 saturated heterocycles. The van der Waals surface area contributed by atoms with E-state index in [4.69, 9.17) is 4.74 Å². The summed E-state index contributed by atoms with van der Waals surface area (Å²) in [4.78, 5) is 14.7. The summed E-state index contributed by atoms with van der Waals surface area (Å²) in [5.74, 6) is 0.0424. The molecule has 0 saturated carbocycles. The molecule has 5 heteroatoms. The van der Waals surface area contributed by atoms with Gasteiger partial charge >= 0.3 is 0 Å². The summed E-state index contributed by atoms with van der Waals surface area (Å²) in [6.45, 7) is 1.32. The van der Waals surface area contributed by atoms with Crippen LogP contribution >= 0.6 is 0 Å². The van der Waals surface area contributed by atoms with Gasteiger partial charge in [0.1, 0.15) is 0 Å². The topological polar surface area (TPSA) is 66.2 Å². The van der Waals surface area contributed by atoms with Crippen LogP contribution < -0.4 is 10.6 Å². The summed E-state index contributed by atoms with van der Waals surface area (Å²) in [6, 6.07) is 1.82. The van der Waals surface area contributed by atoms with E-state index in [-0.39, 0.29) is 18.1 Å². The minimum Gasteiger partial charge on any atom is -0.380 e. The Morgan fingerprint density at radius 2 is 2.56 bits per heavy atom. The maximum atomic E-state index is 11.8. The molecule has 88 valence electrons. The van der Waals surface area contributed by atoms with Gasteiger partial charge in [-0.1, -0.05) is 0 Å². The van der Waals surface area contributed by atoms with Crippen LogP contribution in [0.4, 0.5) is 0 Å². The van der Waals surface area contributed by atoms with Crippen LogP contribution in [0.2, 0.25) is 0 Å². The lowest BCUT2D eigenvalue weighted by Gasteiger charge is -2.10. The molecule has 16 heavy (non-hydrogen) atoms. The van der Waals surface area contributed by atoms with E-state index in [1.807, 2.05) is 18.5 Å². The van der Waals surface area contributed by atoms with Gasteiger partial charge in [-0.3, -0.25) is 4.79 Å². The minimum absolute atomic E-state index is 0.0424. The molecule has 1 aromatic heterocycles. The van der Waals surface area contributed by atoms with Crippen molar-refractivity contribution in [1.29, 1.82) is 0 Å². The highest BCUT2D eigenvalue weighted by molar-refractivity contribution is 5.82. The molecule has 0 aliphatic carbocycles. The highest BCUT2D eigenvalue weighted by Crippen LogP contribution is 2.09. The van der Waals surface area contributed by atoms with E-state index in [9.17, 15) is 4.79 Å². The Labute approximate surface area is 94.6 Å². The molecule has 2 unspecified atom stereocenters. The first-order chi connectivity index (χ1) is 7.79. The molecule has 0 bridgehead atoms. The lowest BCUT2D eigenvalue weighted by Crippen LogP contribution is -2.39. The number of carbonyl (C=O) groups is 1. The fraction of sp³-hybridized carbons (Fsp3) is 0.545. The largest absolute Gasteiger partial charge is 0.380 e. The zero-order valence-corrected chi connectivity index (χ0v) is 9.32. The Morgan fingerprint density at radius 3 is 3.19 bits per heavy atom. The molecular weight excluding hydrogens is 206 g/mol. The lowest BCUT2D eigenvalue weighted by atomic mass is 10.2. The van der Waals surface area contributed by atoms with Crippen LogP contribution in [0.3, 0.4) is 0 Å². The Bertz CT molecular complexity index is 337. The van der Waals surface area contributed by atoms with Gasteiger partial charge in [-0.15, -0.1) is 0 Å². The smallest absolute Gasteiger partial charge is 0.237 e. The summed E-state index contributed by atoms with van der Waals surface area (Å²) in [6.07, 6.45) is 4.62. The number of hydrogen-bond donors (Lipinski definition) is 3. The van der Waals surface area contributed by atoms with Crippen molar-refractivity contribution < 1.29 is 9.53 Å². The number of rotatable bonds is 4. The summed E-state index contributed by atoms with van der Waals surface area (Å²) in [5, 5.41) is 6.04. The Balaban J connectivity index is 1.76. The summed E-state index contributed by atoms with van der Waals surface area (Å²) < 4.78 is 5.19. The Kier molecular flexibility index (Phi) is 3.58. The van der Waals surface area contributed by atoms with Crippen LogP contribution in [-0.4, -0.2) is 36.7 Å². The van der Waals surface area contributed by atoms with Gasteiger partial charge in [-0.2, -0.15) is 0 Å². The number of amides is 1. The first-order valence-corrected chi connectivity index (χ1v) is 5.45. The van der Waals surface area contributed by atoms with Gasteiger partial charge in [-0.25, -0.2) is 0 Å². The van der Waals surface area contributed by atoms with Crippen molar-refractivity contribution >= 4 is 5.91 Å². The number of ether oxygens (including phenoxy) is 1. The van der Waals surface area contributed by atoms with Crippen LogP contribution in [0, 0.1) is 0 Å². The summed E-state index contributed by atoms with van der Waals surface area (Å²) in [7, 11) is 1.67. The second kappa shape index (κ2) is 5.14. The molecule has 2 rings (SSSR count). The average Bonchev–Trinajstić information content (AvgIpc) is 2.96. The van der Waals surface area contributed by atoms with Crippen molar-refractivity contribution in [3.05, 3.63) is 24.0 Å². The molecule has 5 nitrogen and oxygen atoms in total. The van der Waals surface area contributed by atoms with Gasteiger partial charge in [0.05, 0.1) is 12.1 Å². The third kappa shape index (κ3) is 2.62. The van der Waals surface area contributed by atoms with E-state index in [1.165, 1.54) is 0 Å². The molecule has 1 aliphatic rings. The van der Waals surface area contributed by atoms with Gasteiger partial charge in [0, 0.05) is 32.6 Å². The van der Waals surface area contributed by atoms with Gasteiger partial charge < -0.3 is 20.4 Å². The van der Waals surface area contributed by atoms with E-state index in [0.717, 1.165) is 18.5 Å². The molecule has 1 fully saturated rings. The molecule has 3 N–H and O–H groups in total. The van der Waals surface area contributed by atoms with E-state index >= 15 is 0 Å². The summed E-state index contributed by atoms with van der Waals surface area (Å²) >= 11 is 0. The second-order valence-electron chi connectivity index (χ2n) is 3.99. The molecule has 1 aliphatic heterocycles. The fourth-order valence-corrected chi connectivity index (χ4v) is 1.86. The Morgan fingerprint density at radius 1 is 1.69 bits per heavy atom. The van der Waals surface area contributed by atoms with E-state index in [1.54, 1.807) is 7.11 Å². The SMILES string of the molecule is COC1CNC(C(=O)NCc2cc[nH]c2)C1. The van der Waals surface area contributed by atoms with Crippen LogP contribution in [0.15, 0.2) is 18.5 Å². The van der Waals surface area contributed by atoms with Gasteiger partial charge in [0.25, 0.3) is 0 Å². The van der Waals surface area contributed by atoms with E-state index in [0.29, 0.717) is 6.54 Å². The first-order valence-electron chi connectivity index (χ1n) is 5.45. The normalized spacial score (nSPS) is 24.6.